The number of thiazole rings is 1. The lowest BCUT2D eigenvalue weighted by Crippen LogP contribution is -2.46. The van der Waals surface area contributed by atoms with Crippen molar-refractivity contribution in [2.75, 3.05) is 18.5 Å². The molecule has 2 aromatic rings. The van der Waals surface area contributed by atoms with Crippen molar-refractivity contribution in [1.82, 2.24) is 14.9 Å². The van der Waals surface area contributed by atoms with E-state index in [0.717, 1.165) is 15.7 Å². The second-order valence-electron chi connectivity index (χ2n) is 5.44. The largest absolute Gasteiger partial charge is 0.465 e. The highest BCUT2D eigenvalue weighted by Gasteiger charge is 2.36. The van der Waals surface area contributed by atoms with Gasteiger partial charge in [0.05, 0.1) is 5.69 Å². The summed E-state index contributed by atoms with van der Waals surface area (Å²) in [5.74, 6) is -0.247. The molecule has 1 aliphatic rings. The Labute approximate surface area is 151 Å². The maximum atomic E-state index is 12.6. The number of anilines is 1. The molecule has 0 spiro atoms. The summed E-state index contributed by atoms with van der Waals surface area (Å²) in [7, 11) is 1.63. The number of hydrogen-bond donors (Lipinski definition) is 1. The first kappa shape index (κ1) is 16.8. The minimum Gasteiger partial charge on any atom is -0.465 e. The molecule has 1 saturated heterocycles. The molecule has 7 nitrogen and oxygen atoms in total. The van der Waals surface area contributed by atoms with Crippen LogP contribution < -0.4 is 4.90 Å². The Morgan fingerprint density at radius 2 is 2.25 bits per heavy atom. The number of aromatic nitrogens is 2. The molecule has 2 aromatic heterocycles. The molecular formula is C15H15BrN4O3S. The summed E-state index contributed by atoms with van der Waals surface area (Å²) >= 11 is 4.71. The molecule has 0 radical (unpaired) electrons. The van der Waals surface area contributed by atoms with Gasteiger partial charge in [0.1, 0.15) is 6.04 Å². The topological polar surface area (TPSA) is 86.6 Å². The van der Waals surface area contributed by atoms with E-state index in [2.05, 4.69) is 25.9 Å². The van der Waals surface area contributed by atoms with Gasteiger partial charge in [-0.05, 0) is 34.8 Å². The van der Waals surface area contributed by atoms with E-state index in [1.165, 1.54) is 21.1 Å². The second-order valence-corrected chi connectivity index (χ2v) is 7.19. The monoisotopic (exact) mass is 410 g/mol. The number of likely N-dealkylation sites (tertiary alicyclic amines) is 1. The average molecular weight is 411 g/mol. The molecule has 0 bridgehead atoms. The van der Waals surface area contributed by atoms with Crippen molar-refractivity contribution >= 4 is 44.4 Å². The van der Waals surface area contributed by atoms with E-state index in [1.807, 2.05) is 11.4 Å². The van der Waals surface area contributed by atoms with E-state index in [1.54, 1.807) is 19.4 Å². The third-order valence-corrected chi connectivity index (χ3v) is 5.24. The van der Waals surface area contributed by atoms with E-state index < -0.39 is 12.1 Å². The van der Waals surface area contributed by atoms with Crippen LogP contribution in [-0.4, -0.2) is 51.6 Å². The third-order valence-electron chi connectivity index (χ3n) is 3.89. The molecule has 0 aromatic carbocycles. The first-order valence-electron chi connectivity index (χ1n) is 7.31. The maximum Gasteiger partial charge on any atom is 0.407 e. The summed E-state index contributed by atoms with van der Waals surface area (Å²) in [6.07, 6.45) is 3.58. The minimum absolute atomic E-state index is 0.247. The lowest BCUT2D eigenvalue weighted by Gasteiger charge is -2.24. The fourth-order valence-electron chi connectivity index (χ4n) is 2.67. The number of carbonyl (C=O) groups excluding carboxylic acids is 1. The van der Waals surface area contributed by atoms with Crippen molar-refractivity contribution < 1.29 is 14.7 Å². The van der Waals surface area contributed by atoms with Gasteiger partial charge in [-0.1, -0.05) is 0 Å². The van der Waals surface area contributed by atoms with Gasteiger partial charge < -0.3 is 5.11 Å². The molecule has 0 aliphatic carbocycles. The summed E-state index contributed by atoms with van der Waals surface area (Å²) in [6, 6.07) is 1.27. The lowest BCUT2D eigenvalue weighted by atomic mass is 10.2. The smallest absolute Gasteiger partial charge is 0.407 e. The van der Waals surface area contributed by atoms with E-state index in [-0.39, 0.29) is 5.91 Å². The van der Waals surface area contributed by atoms with Gasteiger partial charge in [0, 0.05) is 41.4 Å². The number of nitrogens with zero attached hydrogens (tertiary/aromatic N) is 4. The molecule has 24 heavy (non-hydrogen) atoms. The number of carbonyl (C=O) groups is 2. The van der Waals surface area contributed by atoms with Gasteiger partial charge in [0.15, 0.2) is 5.13 Å². The first-order chi connectivity index (χ1) is 11.5. The summed E-state index contributed by atoms with van der Waals surface area (Å²) in [6.45, 7) is 0.395. The summed E-state index contributed by atoms with van der Waals surface area (Å²) in [4.78, 5) is 35.1. The molecule has 1 N–H and O–H groups in total. The van der Waals surface area contributed by atoms with Crippen molar-refractivity contribution in [3.05, 3.63) is 28.3 Å². The molecule has 9 heteroatoms. The predicted octanol–water partition coefficient (Wildman–Crippen LogP) is 3.07. The van der Waals surface area contributed by atoms with Crippen LogP contribution in [0.2, 0.25) is 0 Å². The van der Waals surface area contributed by atoms with Crippen LogP contribution in [0.5, 0.6) is 0 Å². The Hall–Kier alpha value is -2.00. The van der Waals surface area contributed by atoms with Crippen molar-refractivity contribution in [3.63, 3.8) is 0 Å². The van der Waals surface area contributed by atoms with Crippen LogP contribution in [0.1, 0.15) is 12.8 Å². The molecule has 3 heterocycles. The normalized spacial score (nSPS) is 17.1. The Balaban J connectivity index is 1.79. The number of rotatable bonds is 3. The number of halogens is 1. The molecule has 1 fully saturated rings. The zero-order valence-corrected chi connectivity index (χ0v) is 15.2. The SMILES string of the molecule is CN(C(=O)C1CCCN1C(=O)O)c1nc(-c2cncc(Br)c2)cs1. The number of pyridine rings is 1. The summed E-state index contributed by atoms with van der Waals surface area (Å²) < 4.78 is 0.849. The Morgan fingerprint density at radius 1 is 1.46 bits per heavy atom. The number of amides is 2. The third kappa shape index (κ3) is 3.27. The summed E-state index contributed by atoms with van der Waals surface area (Å²) in [5.41, 5.74) is 1.57. The fourth-order valence-corrected chi connectivity index (χ4v) is 3.84. The number of carboxylic acid groups (broad SMARTS) is 1. The van der Waals surface area contributed by atoms with Gasteiger partial charge in [-0.15, -0.1) is 11.3 Å². The zero-order chi connectivity index (χ0) is 17.3. The van der Waals surface area contributed by atoms with Gasteiger partial charge in [-0.3, -0.25) is 19.6 Å². The Kier molecular flexibility index (Phi) is 4.81. The minimum atomic E-state index is -1.06. The van der Waals surface area contributed by atoms with Crippen molar-refractivity contribution in [1.29, 1.82) is 0 Å². The second kappa shape index (κ2) is 6.86. The van der Waals surface area contributed by atoms with Crippen LogP contribution in [0.4, 0.5) is 9.93 Å². The zero-order valence-electron chi connectivity index (χ0n) is 12.8. The van der Waals surface area contributed by atoms with E-state index >= 15 is 0 Å². The standard InChI is InChI=1S/C15H15BrN4O3S/c1-19(13(21)12-3-2-4-20(12)15(22)23)14-18-11(8-24-14)9-5-10(16)7-17-6-9/h5-8,12H,2-4H2,1H3,(H,22,23). The summed E-state index contributed by atoms with van der Waals surface area (Å²) in [5, 5.41) is 11.6. The lowest BCUT2D eigenvalue weighted by molar-refractivity contribution is -0.122. The molecule has 1 aliphatic heterocycles. The average Bonchev–Trinajstić information content (AvgIpc) is 3.22. The van der Waals surface area contributed by atoms with Crippen LogP contribution in [0.25, 0.3) is 11.3 Å². The van der Waals surface area contributed by atoms with Crippen molar-refractivity contribution in [2.24, 2.45) is 0 Å². The first-order valence-corrected chi connectivity index (χ1v) is 8.98. The van der Waals surface area contributed by atoms with Gasteiger partial charge in [0.25, 0.3) is 5.91 Å². The van der Waals surface area contributed by atoms with Gasteiger partial charge in [0.2, 0.25) is 0 Å². The molecular weight excluding hydrogens is 396 g/mol. The highest BCUT2D eigenvalue weighted by atomic mass is 79.9. The molecule has 126 valence electrons. The van der Waals surface area contributed by atoms with E-state index in [9.17, 15) is 14.7 Å². The predicted molar refractivity (Wildman–Crippen MR) is 94.2 cm³/mol. The highest BCUT2D eigenvalue weighted by Crippen LogP contribution is 2.29. The maximum absolute atomic E-state index is 12.6. The van der Waals surface area contributed by atoms with Crippen LogP contribution >= 0.6 is 27.3 Å². The van der Waals surface area contributed by atoms with Crippen LogP contribution in [-0.2, 0) is 4.79 Å². The van der Waals surface area contributed by atoms with Crippen LogP contribution in [0, 0.1) is 0 Å². The molecule has 2 amide bonds. The van der Waals surface area contributed by atoms with Crippen LogP contribution in [0.3, 0.4) is 0 Å². The molecule has 1 unspecified atom stereocenters. The fraction of sp³-hybridized carbons (Fsp3) is 0.333. The van der Waals surface area contributed by atoms with Gasteiger partial charge >= 0.3 is 6.09 Å². The highest BCUT2D eigenvalue weighted by molar-refractivity contribution is 9.10. The van der Waals surface area contributed by atoms with Gasteiger partial charge in [-0.2, -0.15) is 0 Å². The number of likely N-dealkylation sites (N-methyl/N-ethyl adjacent to an activating group) is 1. The quantitative estimate of drug-likeness (QED) is 0.839. The molecule has 3 rings (SSSR count). The molecule has 1 atom stereocenters. The number of hydrogen-bond acceptors (Lipinski definition) is 5. The Bertz CT molecular complexity index is 782. The van der Waals surface area contributed by atoms with E-state index in [0.29, 0.717) is 24.5 Å². The van der Waals surface area contributed by atoms with Crippen molar-refractivity contribution in [2.45, 2.75) is 18.9 Å². The van der Waals surface area contributed by atoms with Crippen LogP contribution in [0.15, 0.2) is 28.3 Å². The Morgan fingerprint density at radius 3 is 2.96 bits per heavy atom. The van der Waals surface area contributed by atoms with E-state index in [4.69, 9.17) is 0 Å². The van der Waals surface area contributed by atoms with Crippen molar-refractivity contribution in [3.8, 4) is 11.3 Å². The van der Waals surface area contributed by atoms with Gasteiger partial charge in [-0.25, -0.2) is 9.78 Å². The molecule has 0 saturated carbocycles.